The van der Waals surface area contributed by atoms with Crippen LogP contribution in [0.2, 0.25) is 0 Å². The van der Waals surface area contributed by atoms with Gasteiger partial charge in [0.1, 0.15) is 0 Å². The molecule has 2 rings (SSSR count). The van der Waals surface area contributed by atoms with Crippen LogP contribution < -0.4 is 0 Å². The maximum Gasteiger partial charge on any atom is 0.177 e. The zero-order valence-corrected chi connectivity index (χ0v) is 10.7. The molecule has 1 heterocycles. The topological polar surface area (TPSA) is 20.7 Å². The van der Waals surface area contributed by atoms with E-state index in [1.807, 2.05) is 0 Å². The Kier molecular flexibility index (Phi) is 2.75. The van der Waals surface area contributed by atoms with Crippen LogP contribution in [-0.4, -0.2) is 9.55 Å². The van der Waals surface area contributed by atoms with Gasteiger partial charge in [0.15, 0.2) is 4.77 Å². The number of rotatable bonds is 1. The van der Waals surface area contributed by atoms with Gasteiger partial charge in [0, 0.05) is 17.9 Å². The highest BCUT2D eigenvalue weighted by atomic mass is 32.1. The van der Waals surface area contributed by atoms with Crippen LogP contribution in [0.15, 0.2) is 6.20 Å². The second kappa shape index (κ2) is 3.78. The summed E-state index contributed by atoms with van der Waals surface area (Å²) in [5, 5.41) is 0. The molecule has 2 nitrogen and oxygen atoms in total. The number of nitrogens with zero attached hydrogens (tertiary/aromatic N) is 1. The summed E-state index contributed by atoms with van der Waals surface area (Å²) in [6, 6.07) is 0.603. The zero-order valence-electron chi connectivity index (χ0n) is 9.84. The second-order valence-electron chi connectivity index (χ2n) is 5.56. The molecule has 1 aromatic rings. The van der Waals surface area contributed by atoms with Gasteiger partial charge in [-0.2, -0.15) is 0 Å². The highest BCUT2D eigenvalue weighted by Crippen LogP contribution is 2.40. The quantitative estimate of drug-likeness (QED) is 0.715. The van der Waals surface area contributed by atoms with Crippen molar-refractivity contribution in [3.63, 3.8) is 0 Å². The van der Waals surface area contributed by atoms with Crippen molar-refractivity contribution in [1.29, 1.82) is 0 Å². The Morgan fingerprint density at radius 3 is 2.80 bits per heavy atom. The van der Waals surface area contributed by atoms with Gasteiger partial charge < -0.3 is 9.55 Å². The lowest BCUT2D eigenvalue weighted by Crippen LogP contribution is -2.24. The lowest BCUT2D eigenvalue weighted by molar-refractivity contribution is 0.182. The molecular weight excluding hydrogens is 204 g/mol. The predicted octanol–water partition coefficient (Wildman–Crippen LogP) is 4.00. The van der Waals surface area contributed by atoms with Crippen molar-refractivity contribution < 1.29 is 0 Å². The van der Waals surface area contributed by atoms with Crippen LogP contribution in [0.4, 0.5) is 0 Å². The van der Waals surface area contributed by atoms with Crippen molar-refractivity contribution in [2.45, 2.75) is 52.5 Å². The van der Waals surface area contributed by atoms with Crippen LogP contribution in [0.5, 0.6) is 0 Å². The normalized spacial score (nSPS) is 25.4. The molecule has 0 aromatic carbocycles. The van der Waals surface area contributed by atoms with Gasteiger partial charge in [0.2, 0.25) is 0 Å². The lowest BCUT2D eigenvalue weighted by Gasteiger charge is -2.35. The molecule has 0 spiro atoms. The van der Waals surface area contributed by atoms with E-state index < -0.39 is 0 Å². The van der Waals surface area contributed by atoms with Gasteiger partial charge >= 0.3 is 0 Å². The van der Waals surface area contributed by atoms with E-state index in [1.54, 1.807) is 0 Å². The lowest BCUT2D eigenvalue weighted by atomic mass is 9.75. The summed E-state index contributed by atoms with van der Waals surface area (Å²) in [6.45, 7) is 6.80. The van der Waals surface area contributed by atoms with Gasteiger partial charge in [0.25, 0.3) is 0 Å². The van der Waals surface area contributed by atoms with Crippen LogP contribution in [0, 0.1) is 17.1 Å². The Bertz CT molecular complexity index is 400. The first-order valence-corrected chi connectivity index (χ1v) is 6.16. The summed E-state index contributed by atoms with van der Waals surface area (Å²) in [6.07, 6.45) is 7.35. The third kappa shape index (κ3) is 2.33. The maximum atomic E-state index is 5.34. The summed E-state index contributed by atoms with van der Waals surface area (Å²) in [5.74, 6) is 0. The highest BCUT2D eigenvalue weighted by molar-refractivity contribution is 7.71. The van der Waals surface area contributed by atoms with E-state index in [2.05, 4.69) is 36.5 Å². The fourth-order valence-electron chi connectivity index (χ4n) is 2.70. The summed E-state index contributed by atoms with van der Waals surface area (Å²) < 4.78 is 3.14. The van der Waals surface area contributed by atoms with Crippen LogP contribution in [0.1, 0.15) is 51.3 Å². The molecule has 0 saturated heterocycles. The summed E-state index contributed by atoms with van der Waals surface area (Å²) in [5.41, 5.74) is 1.64. The molecule has 15 heavy (non-hydrogen) atoms. The highest BCUT2D eigenvalue weighted by Gasteiger charge is 2.29. The van der Waals surface area contributed by atoms with E-state index in [0.717, 1.165) is 4.77 Å². The van der Waals surface area contributed by atoms with Crippen molar-refractivity contribution >= 4 is 12.2 Å². The maximum absolute atomic E-state index is 5.34. The number of hydrogen-bond acceptors (Lipinski definition) is 1. The number of imidazole rings is 1. The fraction of sp³-hybridized carbons (Fsp3) is 0.750. The Morgan fingerprint density at radius 1 is 1.53 bits per heavy atom. The van der Waals surface area contributed by atoms with Gasteiger partial charge in [-0.1, -0.05) is 20.3 Å². The Balaban J connectivity index is 2.24. The van der Waals surface area contributed by atoms with Crippen LogP contribution in [0.25, 0.3) is 0 Å². The Hall–Kier alpha value is -0.570. The zero-order chi connectivity index (χ0) is 11.1. The molecule has 0 bridgehead atoms. The van der Waals surface area contributed by atoms with Gasteiger partial charge in [-0.25, -0.2) is 0 Å². The molecule has 1 aliphatic carbocycles. The van der Waals surface area contributed by atoms with Gasteiger partial charge in [-0.3, -0.25) is 0 Å². The first-order valence-electron chi connectivity index (χ1n) is 5.76. The minimum absolute atomic E-state index is 0.475. The molecule has 1 N–H and O–H groups in total. The van der Waals surface area contributed by atoms with Crippen molar-refractivity contribution in [3.8, 4) is 0 Å². The molecule has 1 aliphatic rings. The Labute approximate surface area is 96.7 Å². The minimum atomic E-state index is 0.475. The smallest absolute Gasteiger partial charge is 0.177 e. The third-order valence-corrected chi connectivity index (χ3v) is 3.76. The standard InChI is InChI=1S/C12H20N2S/c1-9-8-14(11(15)13-9)10-5-4-6-12(2,3)7-10/h8,10H,4-7H2,1-3H3,(H,13,15). The SMILES string of the molecule is Cc1cn(C2CCCC(C)(C)C2)c(=S)[nH]1. The van der Waals surface area contributed by atoms with Gasteiger partial charge in [-0.15, -0.1) is 0 Å². The molecule has 0 radical (unpaired) electrons. The molecule has 84 valence electrons. The molecule has 1 unspecified atom stereocenters. The molecule has 3 heteroatoms. The molecule has 0 aliphatic heterocycles. The molecule has 1 aromatic heterocycles. The molecule has 0 amide bonds. The van der Waals surface area contributed by atoms with Gasteiger partial charge in [0.05, 0.1) is 0 Å². The van der Waals surface area contributed by atoms with Crippen molar-refractivity contribution in [2.24, 2.45) is 5.41 Å². The first kappa shape index (κ1) is 10.9. The summed E-state index contributed by atoms with van der Waals surface area (Å²) in [7, 11) is 0. The fourth-order valence-corrected chi connectivity index (χ4v) is 3.06. The van der Waals surface area contributed by atoms with E-state index >= 15 is 0 Å². The van der Waals surface area contributed by atoms with E-state index in [1.165, 1.54) is 31.4 Å². The van der Waals surface area contributed by atoms with Crippen molar-refractivity contribution in [1.82, 2.24) is 9.55 Å². The van der Waals surface area contributed by atoms with E-state index in [4.69, 9.17) is 12.2 Å². The average molecular weight is 224 g/mol. The average Bonchev–Trinajstić information content (AvgIpc) is 2.43. The monoisotopic (exact) mass is 224 g/mol. The molecule has 1 fully saturated rings. The first-order chi connectivity index (χ1) is 6.98. The number of H-pyrrole nitrogens is 1. The number of nitrogens with one attached hydrogen (secondary N) is 1. The third-order valence-electron chi connectivity index (χ3n) is 3.44. The van der Waals surface area contributed by atoms with E-state index in [9.17, 15) is 0 Å². The second-order valence-corrected chi connectivity index (χ2v) is 5.95. The summed E-state index contributed by atoms with van der Waals surface area (Å²) >= 11 is 5.34. The Morgan fingerprint density at radius 2 is 2.27 bits per heavy atom. The number of aromatic amines is 1. The molecular formula is C12H20N2S. The largest absolute Gasteiger partial charge is 0.335 e. The minimum Gasteiger partial charge on any atom is -0.335 e. The van der Waals surface area contributed by atoms with Crippen LogP contribution in [0.3, 0.4) is 0 Å². The number of aryl methyl sites for hydroxylation is 1. The van der Waals surface area contributed by atoms with E-state index in [0.29, 0.717) is 11.5 Å². The predicted molar refractivity (Wildman–Crippen MR) is 65.6 cm³/mol. The van der Waals surface area contributed by atoms with Crippen molar-refractivity contribution in [3.05, 3.63) is 16.7 Å². The number of hydrogen-bond donors (Lipinski definition) is 1. The van der Waals surface area contributed by atoms with Gasteiger partial charge in [-0.05, 0) is 43.8 Å². The van der Waals surface area contributed by atoms with Crippen LogP contribution in [-0.2, 0) is 0 Å². The van der Waals surface area contributed by atoms with E-state index in [-0.39, 0.29) is 0 Å². The molecule has 1 saturated carbocycles. The van der Waals surface area contributed by atoms with Crippen LogP contribution >= 0.6 is 12.2 Å². The molecule has 1 atom stereocenters. The summed E-state index contributed by atoms with van der Waals surface area (Å²) in [4.78, 5) is 3.21. The number of aromatic nitrogens is 2. The van der Waals surface area contributed by atoms with Crippen molar-refractivity contribution in [2.75, 3.05) is 0 Å².